The summed E-state index contributed by atoms with van der Waals surface area (Å²) >= 11 is 0. The maximum atomic E-state index is 11.7. The number of rotatable bonds is 5. The Balaban J connectivity index is 2.23. The molecule has 1 saturated heterocycles. The standard InChI is InChI=1S/C12H15N3O5S/c13-12(16)8-3-4-11(15(17)18)10(6-8)14-7-9-2-1-5-21(9,19)20/h3-4,6,9,14H,1-2,5,7H2,(H2,13,16). The molecule has 9 heteroatoms. The zero-order valence-corrected chi connectivity index (χ0v) is 11.9. The Labute approximate surface area is 121 Å². The largest absolute Gasteiger partial charge is 0.378 e. The SMILES string of the molecule is NC(=O)c1ccc([N+](=O)[O-])c(NCC2CCCS2(=O)=O)c1. The van der Waals surface area contributed by atoms with Gasteiger partial charge in [0.15, 0.2) is 9.84 Å². The molecule has 1 fully saturated rings. The Bertz CT molecular complexity index is 686. The van der Waals surface area contributed by atoms with Crippen LogP contribution in [0.2, 0.25) is 0 Å². The van der Waals surface area contributed by atoms with Crippen molar-refractivity contribution in [1.29, 1.82) is 0 Å². The van der Waals surface area contributed by atoms with Crippen LogP contribution in [0.15, 0.2) is 18.2 Å². The number of anilines is 1. The first-order valence-electron chi connectivity index (χ1n) is 6.35. The molecule has 1 atom stereocenters. The molecule has 0 radical (unpaired) electrons. The highest BCUT2D eigenvalue weighted by Gasteiger charge is 2.31. The molecular formula is C12H15N3O5S. The number of nitrogens with one attached hydrogen (secondary N) is 1. The molecule has 1 aliphatic rings. The molecule has 1 aliphatic heterocycles. The number of nitrogens with zero attached hydrogens (tertiary/aromatic N) is 1. The van der Waals surface area contributed by atoms with Crippen molar-refractivity contribution in [3.63, 3.8) is 0 Å². The third-order valence-electron chi connectivity index (χ3n) is 3.46. The van der Waals surface area contributed by atoms with Crippen LogP contribution in [0.3, 0.4) is 0 Å². The minimum absolute atomic E-state index is 0.0748. The molecule has 0 aromatic heterocycles. The van der Waals surface area contributed by atoms with Crippen LogP contribution < -0.4 is 11.1 Å². The minimum atomic E-state index is -3.14. The number of benzene rings is 1. The lowest BCUT2D eigenvalue weighted by Crippen LogP contribution is -2.25. The lowest BCUT2D eigenvalue weighted by Gasteiger charge is -2.12. The maximum absolute atomic E-state index is 11.7. The molecule has 21 heavy (non-hydrogen) atoms. The van der Waals surface area contributed by atoms with Gasteiger partial charge in [0.25, 0.3) is 5.69 Å². The first-order chi connectivity index (χ1) is 9.81. The van der Waals surface area contributed by atoms with Crippen LogP contribution >= 0.6 is 0 Å². The number of carbonyl (C=O) groups is 1. The van der Waals surface area contributed by atoms with E-state index in [4.69, 9.17) is 5.73 Å². The van der Waals surface area contributed by atoms with Crippen LogP contribution in [0.25, 0.3) is 0 Å². The van der Waals surface area contributed by atoms with E-state index in [1.54, 1.807) is 0 Å². The fraction of sp³-hybridized carbons (Fsp3) is 0.417. The van der Waals surface area contributed by atoms with Crippen molar-refractivity contribution < 1.29 is 18.1 Å². The van der Waals surface area contributed by atoms with E-state index >= 15 is 0 Å². The molecule has 0 bridgehead atoms. The van der Waals surface area contributed by atoms with Crippen LogP contribution in [-0.2, 0) is 9.84 Å². The predicted octanol–water partition coefficient (Wildman–Crippen LogP) is 0.683. The highest BCUT2D eigenvalue weighted by atomic mass is 32.2. The van der Waals surface area contributed by atoms with Gasteiger partial charge in [0.1, 0.15) is 5.69 Å². The topological polar surface area (TPSA) is 132 Å². The van der Waals surface area contributed by atoms with Crippen LogP contribution in [0.4, 0.5) is 11.4 Å². The summed E-state index contributed by atoms with van der Waals surface area (Å²) in [5.74, 6) is -0.565. The molecule has 3 N–H and O–H groups in total. The average molecular weight is 313 g/mol. The molecule has 1 amide bonds. The Morgan fingerprint density at radius 1 is 1.48 bits per heavy atom. The van der Waals surface area contributed by atoms with Gasteiger partial charge in [-0.05, 0) is 25.0 Å². The van der Waals surface area contributed by atoms with E-state index in [2.05, 4.69) is 5.32 Å². The van der Waals surface area contributed by atoms with Crippen LogP contribution in [0.1, 0.15) is 23.2 Å². The van der Waals surface area contributed by atoms with Gasteiger partial charge < -0.3 is 11.1 Å². The van der Waals surface area contributed by atoms with Crippen molar-refractivity contribution in [3.8, 4) is 0 Å². The van der Waals surface area contributed by atoms with E-state index in [9.17, 15) is 23.3 Å². The summed E-state index contributed by atoms with van der Waals surface area (Å²) < 4.78 is 23.5. The van der Waals surface area contributed by atoms with Crippen molar-refractivity contribution >= 4 is 27.1 Å². The fourth-order valence-electron chi connectivity index (χ4n) is 2.30. The van der Waals surface area contributed by atoms with Gasteiger partial charge in [0.05, 0.1) is 15.9 Å². The lowest BCUT2D eigenvalue weighted by molar-refractivity contribution is -0.384. The number of amides is 1. The van der Waals surface area contributed by atoms with Crippen molar-refractivity contribution in [1.82, 2.24) is 0 Å². The lowest BCUT2D eigenvalue weighted by atomic mass is 10.1. The molecule has 1 aromatic rings. The first kappa shape index (κ1) is 15.2. The summed E-state index contributed by atoms with van der Waals surface area (Å²) in [5, 5.41) is 13.2. The maximum Gasteiger partial charge on any atom is 0.292 e. The Kier molecular flexibility index (Phi) is 4.12. The molecule has 0 spiro atoms. The van der Waals surface area contributed by atoms with Crippen LogP contribution in [0.5, 0.6) is 0 Å². The third-order valence-corrected chi connectivity index (χ3v) is 5.74. The molecule has 2 rings (SSSR count). The summed E-state index contributed by atoms with van der Waals surface area (Å²) in [4.78, 5) is 21.5. The van der Waals surface area contributed by atoms with Crippen molar-refractivity contribution in [3.05, 3.63) is 33.9 Å². The predicted molar refractivity (Wildman–Crippen MR) is 76.9 cm³/mol. The monoisotopic (exact) mass is 313 g/mol. The van der Waals surface area contributed by atoms with E-state index in [-0.39, 0.29) is 29.2 Å². The molecule has 1 aromatic carbocycles. The van der Waals surface area contributed by atoms with Gasteiger partial charge in [0.2, 0.25) is 5.91 Å². The zero-order chi connectivity index (χ0) is 15.6. The fourth-order valence-corrected chi connectivity index (χ4v) is 4.07. The van der Waals surface area contributed by atoms with Crippen LogP contribution in [-0.4, -0.2) is 36.8 Å². The van der Waals surface area contributed by atoms with E-state index in [0.717, 1.165) is 0 Å². The van der Waals surface area contributed by atoms with E-state index in [1.165, 1.54) is 18.2 Å². The number of nitro groups is 1. The van der Waals surface area contributed by atoms with Gasteiger partial charge in [-0.1, -0.05) is 0 Å². The van der Waals surface area contributed by atoms with Gasteiger partial charge in [-0.15, -0.1) is 0 Å². The first-order valence-corrected chi connectivity index (χ1v) is 8.06. The van der Waals surface area contributed by atoms with E-state index in [0.29, 0.717) is 12.8 Å². The summed E-state index contributed by atoms with van der Waals surface area (Å²) in [6.45, 7) is 0.0748. The second-order valence-corrected chi connectivity index (χ2v) is 7.27. The Hall–Kier alpha value is -2.16. The van der Waals surface area contributed by atoms with Crippen LogP contribution in [0, 0.1) is 10.1 Å². The number of primary amides is 1. The molecule has 8 nitrogen and oxygen atoms in total. The van der Waals surface area contributed by atoms with Crippen molar-refractivity contribution in [2.24, 2.45) is 5.73 Å². The summed E-state index contributed by atoms with van der Waals surface area (Å²) in [6, 6.07) is 3.70. The number of nitrogens with two attached hydrogens (primary N) is 1. The normalized spacial score (nSPS) is 20.1. The number of carbonyl (C=O) groups excluding carboxylic acids is 1. The second-order valence-electron chi connectivity index (χ2n) is 4.87. The van der Waals surface area contributed by atoms with Gasteiger partial charge in [-0.3, -0.25) is 14.9 Å². The van der Waals surface area contributed by atoms with Gasteiger partial charge in [-0.2, -0.15) is 0 Å². The highest BCUT2D eigenvalue weighted by molar-refractivity contribution is 7.92. The Morgan fingerprint density at radius 2 is 2.19 bits per heavy atom. The highest BCUT2D eigenvalue weighted by Crippen LogP contribution is 2.27. The number of sulfone groups is 1. The summed E-state index contributed by atoms with van der Waals surface area (Å²) in [7, 11) is -3.14. The molecule has 114 valence electrons. The summed E-state index contributed by atoms with van der Waals surface area (Å²) in [6.07, 6.45) is 1.12. The zero-order valence-electron chi connectivity index (χ0n) is 11.1. The molecule has 0 aliphatic carbocycles. The smallest absolute Gasteiger partial charge is 0.292 e. The van der Waals surface area contributed by atoms with Gasteiger partial charge >= 0.3 is 0 Å². The quantitative estimate of drug-likeness (QED) is 0.607. The van der Waals surface area contributed by atoms with Crippen molar-refractivity contribution in [2.45, 2.75) is 18.1 Å². The van der Waals surface area contributed by atoms with Gasteiger partial charge in [-0.25, -0.2) is 8.42 Å². The van der Waals surface area contributed by atoms with E-state index in [1.807, 2.05) is 0 Å². The molecular weight excluding hydrogens is 298 g/mol. The third kappa shape index (κ3) is 3.30. The number of nitro benzene ring substituents is 1. The number of hydrogen-bond acceptors (Lipinski definition) is 6. The van der Waals surface area contributed by atoms with Crippen molar-refractivity contribution in [2.75, 3.05) is 17.6 Å². The average Bonchev–Trinajstić information content (AvgIpc) is 2.74. The molecule has 0 saturated carbocycles. The molecule has 1 heterocycles. The minimum Gasteiger partial charge on any atom is -0.378 e. The van der Waals surface area contributed by atoms with Gasteiger partial charge in [0, 0.05) is 18.2 Å². The summed E-state index contributed by atoms with van der Waals surface area (Å²) in [5.41, 5.74) is 5.13. The number of hydrogen-bond donors (Lipinski definition) is 2. The van der Waals surface area contributed by atoms with E-state index < -0.39 is 25.9 Å². The Morgan fingerprint density at radius 3 is 2.71 bits per heavy atom. The molecule has 1 unspecified atom stereocenters. The second kappa shape index (κ2) is 5.68.